The number of methoxy groups -OCH3 is 1. The molecule has 1 aromatic rings. The van der Waals surface area contributed by atoms with Crippen molar-refractivity contribution in [1.82, 2.24) is 5.32 Å². The highest BCUT2D eigenvalue weighted by Crippen LogP contribution is 2.27. The predicted molar refractivity (Wildman–Crippen MR) is 87.4 cm³/mol. The van der Waals surface area contributed by atoms with Gasteiger partial charge in [-0.3, -0.25) is 0 Å². The van der Waals surface area contributed by atoms with E-state index in [-0.39, 0.29) is 5.60 Å². The monoisotopic (exact) mass is 277 g/mol. The third-order valence-electron chi connectivity index (χ3n) is 4.62. The first-order valence-corrected chi connectivity index (χ1v) is 7.87. The molecular formula is C18H31NO. The zero-order valence-corrected chi connectivity index (χ0v) is 14.0. The van der Waals surface area contributed by atoms with E-state index >= 15 is 0 Å². The fourth-order valence-corrected chi connectivity index (χ4v) is 3.10. The highest BCUT2D eigenvalue weighted by atomic mass is 16.5. The van der Waals surface area contributed by atoms with Crippen molar-refractivity contribution in [3.05, 3.63) is 34.9 Å². The lowest BCUT2D eigenvalue weighted by Crippen LogP contribution is -2.52. The summed E-state index contributed by atoms with van der Waals surface area (Å²) in [6.07, 6.45) is 3.09. The summed E-state index contributed by atoms with van der Waals surface area (Å²) in [4.78, 5) is 0. The van der Waals surface area contributed by atoms with Crippen molar-refractivity contribution in [3.63, 3.8) is 0 Å². The van der Waals surface area contributed by atoms with Crippen LogP contribution >= 0.6 is 0 Å². The van der Waals surface area contributed by atoms with E-state index in [1.807, 2.05) is 7.11 Å². The maximum atomic E-state index is 5.93. The molecule has 2 heteroatoms. The van der Waals surface area contributed by atoms with E-state index in [4.69, 9.17) is 4.74 Å². The first kappa shape index (κ1) is 17.2. The zero-order chi connectivity index (χ0) is 15.2. The summed E-state index contributed by atoms with van der Waals surface area (Å²) in [5.41, 5.74) is 4.05. The van der Waals surface area contributed by atoms with Crippen LogP contribution < -0.4 is 5.32 Å². The van der Waals surface area contributed by atoms with Crippen LogP contribution in [0.5, 0.6) is 0 Å². The highest BCUT2D eigenvalue weighted by molar-refractivity contribution is 5.31. The highest BCUT2D eigenvalue weighted by Gasteiger charge is 2.35. The van der Waals surface area contributed by atoms with Crippen LogP contribution in [0.1, 0.15) is 50.3 Å². The molecule has 0 saturated heterocycles. The molecule has 0 saturated carbocycles. The Bertz CT molecular complexity index is 402. The Labute approximate surface area is 124 Å². The van der Waals surface area contributed by atoms with Gasteiger partial charge in [-0.05, 0) is 50.8 Å². The third-order valence-corrected chi connectivity index (χ3v) is 4.62. The fraction of sp³-hybridized carbons (Fsp3) is 0.667. The van der Waals surface area contributed by atoms with Crippen molar-refractivity contribution in [2.24, 2.45) is 0 Å². The minimum absolute atomic E-state index is 0.0772. The SMILES string of the molecule is CCNC(Cc1cc(C)ccc1C)C(CC)(CC)OC. The number of ether oxygens (including phenoxy) is 1. The summed E-state index contributed by atoms with van der Waals surface area (Å²) in [6.45, 7) is 11.9. The molecule has 0 aromatic heterocycles. The summed E-state index contributed by atoms with van der Waals surface area (Å²) in [7, 11) is 1.85. The first-order chi connectivity index (χ1) is 9.52. The van der Waals surface area contributed by atoms with Crippen LogP contribution in [-0.2, 0) is 11.2 Å². The molecule has 0 fully saturated rings. The number of likely N-dealkylation sites (N-methyl/N-ethyl adjacent to an activating group) is 1. The molecule has 0 aliphatic rings. The molecule has 1 N–H and O–H groups in total. The minimum Gasteiger partial charge on any atom is -0.377 e. The molecule has 0 bridgehead atoms. The molecule has 0 heterocycles. The standard InChI is InChI=1S/C18H31NO/c1-7-18(8-2,20-6)17(19-9-3)13-16-12-14(4)10-11-15(16)5/h10-12,17,19H,7-9,13H2,1-6H3. The summed E-state index contributed by atoms with van der Waals surface area (Å²) in [6, 6.07) is 7.07. The van der Waals surface area contributed by atoms with Gasteiger partial charge in [0.1, 0.15) is 0 Å². The summed E-state index contributed by atoms with van der Waals surface area (Å²) >= 11 is 0. The van der Waals surface area contributed by atoms with Crippen LogP contribution in [0.2, 0.25) is 0 Å². The molecule has 1 rings (SSSR count). The van der Waals surface area contributed by atoms with Gasteiger partial charge in [-0.2, -0.15) is 0 Å². The quantitative estimate of drug-likeness (QED) is 0.774. The molecule has 20 heavy (non-hydrogen) atoms. The molecule has 1 aromatic carbocycles. The topological polar surface area (TPSA) is 21.3 Å². The molecule has 114 valence electrons. The summed E-state index contributed by atoms with van der Waals surface area (Å²) < 4.78 is 5.93. The Balaban J connectivity index is 3.05. The average Bonchev–Trinajstić information content (AvgIpc) is 2.45. The van der Waals surface area contributed by atoms with Crippen molar-refractivity contribution < 1.29 is 4.74 Å². The Morgan fingerprint density at radius 1 is 1.15 bits per heavy atom. The number of hydrogen-bond acceptors (Lipinski definition) is 2. The van der Waals surface area contributed by atoms with Crippen LogP contribution in [0.15, 0.2) is 18.2 Å². The molecule has 0 aliphatic heterocycles. The van der Waals surface area contributed by atoms with Gasteiger partial charge in [0.15, 0.2) is 0 Å². The van der Waals surface area contributed by atoms with Gasteiger partial charge < -0.3 is 10.1 Å². The lowest BCUT2D eigenvalue weighted by Gasteiger charge is -2.39. The smallest absolute Gasteiger partial charge is 0.0828 e. The van der Waals surface area contributed by atoms with Crippen molar-refractivity contribution in [2.45, 2.75) is 65.5 Å². The van der Waals surface area contributed by atoms with Crippen molar-refractivity contribution in [3.8, 4) is 0 Å². The third kappa shape index (κ3) is 3.83. The zero-order valence-electron chi connectivity index (χ0n) is 14.0. The van der Waals surface area contributed by atoms with E-state index in [2.05, 4.69) is 58.1 Å². The first-order valence-electron chi connectivity index (χ1n) is 7.87. The van der Waals surface area contributed by atoms with E-state index in [0.717, 1.165) is 25.8 Å². The van der Waals surface area contributed by atoms with Crippen molar-refractivity contribution in [2.75, 3.05) is 13.7 Å². The van der Waals surface area contributed by atoms with Gasteiger partial charge in [0.25, 0.3) is 0 Å². The minimum atomic E-state index is -0.0772. The second kappa shape index (κ2) is 7.80. The normalized spacial score (nSPS) is 13.5. The second-order valence-corrected chi connectivity index (χ2v) is 5.72. The number of rotatable bonds is 8. The van der Waals surface area contributed by atoms with Gasteiger partial charge in [0, 0.05) is 13.2 Å². The molecule has 0 amide bonds. The number of benzene rings is 1. The lowest BCUT2D eigenvalue weighted by molar-refractivity contribution is -0.0468. The lowest BCUT2D eigenvalue weighted by atomic mass is 9.83. The second-order valence-electron chi connectivity index (χ2n) is 5.72. The van der Waals surface area contributed by atoms with Crippen LogP contribution in [0.25, 0.3) is 0 Å². The molecule has 0 aliphatic carbocycles. The predicted octanol–water partition coefficient (Wildman–Crippen LogP) is 4.03. The van der Waals surface area contributed by atoms with Gasteiger partial charge in [0.2, 0.25) is 0 Å². The molecule has 0 radical (unpaired) electrons. The largest absolute Gasteiger partial charge is 0.377 e. The maximum Gasteiger partial charge on any atom is 0.0828 e. The van der Waals surface area contributed by atoms with Gasteiger partial charge >= 0.3 is 0 Å². The Hall–Kier alpha value is -0.860. The van der Waals surface area contributed by atoms with E-state index in [0.29, 0.717) is 6.04 Å². The fourth-order valence-electron chi connectivity index (χ4n) is 3.10. The molecule has 2 nitrogen and oxygen atoms in total. The summed E-state index contributed by atoms with van der Waals surface area (Å²) in [5.74, 6) is 0. The molecule has 1 unspecified atom stereocenters. The van der Waals surface area contributed by atoms with Crippen LogP contribution in [0.3, 0.4) is 0 Å². The van der Waals surface area contributed by atoms with Crippen LogP contribution in [0.4, 0.5) is 0 Å². The maximum absolute atomic E-state index is 5.93. The van der Waals surface area contributed by atoms with Crippen molar-refractivity contribution >= 4 is 0 Å². The number of nitrogens with one attached hydrogen (secondary N) is 1. The van der Waals surface area contributed by atoms with E-state index in [1.54, 1.807) is 0 Å². The summed E-state index contributed by atoms with van der Waals surface area (Å²) in [5, 5.41) is 3.65. The average molecular weight is 277 g/mol. The van der Waals surface area contributed by atoms with Crippen LogP contribution in [0, 0.1) is 13.8 Å². The number of hydrogen-bond donors (Lipinski definition) is 1. The van der Waals surface area contributed by atoms with Gasteiger partial charge in [-0.25, -0.2) is 0 Å². The van der Waals surface area contributed by atoms with E-state index in [1.165, 1.54) is 16.7 Å². The van der Waals surface area contributed by atoms with Gasteiger partial charge in [0.05, 0.1) is 5.60 Å². The Morgan fingerprint density at radius 2 is 1.80 bits per heavy atom. The number of aryl methyl sites for hydroxylation is 2. The van der Waals surface area contributed by atoms with Gasteiger partial charge in [-0.15, -0.1) is 0 Å². The molecular weight excluding hydrogens is 246 g/mol. The van der Waals surface area contributed by atoms with E-state index in [9.17, 15) is 0 Å². The Kier molecular flexibility index (Phi) is 6.70. The molecule has 0 spiro atoms. The Morgan fingerprint density at radius 3 is 2.30 bits per heavy atom. The van der Waals surface area contributed by atoms with E-state index < -0.39 is 0 Å². The van der Waals surface area contributed by atoms with Crippen LogP contribution in [-0.4, -0.2) is 25.3 Å². The molecule has 1 atom stereocenters. The van der Waals surface area contributed by atoms with Gasteiger partial charge in [-0.1, -0.05) is 44.5 Å². The van der Waals surface area contributed by atoms with Crippen molar-refractivity contribution in [1.29, 1.82) is 0 Å².